The highest BCUT2D eigenvalue weighted by Crippen LogP contribution is 2.25. The molecule has 0 aromatic heterocycles. The molecule has 0 aliphatic carbocycles. The molecule has 1 fully saturated rings. The Hall–Kier alpha value is -1.45. The normalized spacial score (nSPS) is 24.1. The molecule has 2 rings (SSSR count). The van der Waals surface area contributed by atoms with E-state index >= 15 is 0 Å². The highest BCUT2D eigenvalue weighted by molar-refractivity contribution is 5.95. The molecule has 4 heteroatoms. The van der Waals surface area contributed by atoms with E-state index in [1.165, 1.54) is 12.1 Å². The maximum Gasteiger partial charge on any atom is 0.257 e. The summed E-state index contributed by atoms with van der Waals surface area (Å²) >= 11 is 0. The van der Waals surface area contributed by atoms with Gasteiger partial charge in [-0.1, -0.05) is 6.07 Å². The lowest BCUT2D eigenvalue weighted by Crippen LogP contribution is -2.47. The molecule has 0 spiro atoms. The molecule has 1 aromatic rings. The van der Waals surface area contributed by atoms with E-state index in [0.29, 0.717) is 0 Å². The van der Waals surface area contributed by atoms with Crippen LogP contribution in [0.5, 0.6) is 0 Å². The van der Waals surface area contributed by atoms with Crippen molar-refractivity contribution in [2.45, 2.75) is 45.2 Å². The number of carbonyl (C=O) groups is 1. The van der Waals surface area contributed by atoms with Crippen LogP contribution in [0.3, 0.4) is 0 Å². The summed E-state index contributed by atoms with van der Waals surface area (Å²) in [6, 6.07) is 3.88. The first-order valence-corrected chi connectivity index (χ1v) is 6.29. The van der Waals surface area contributed by atoms with Gasteiger partial charge in [-0.25, -0.2) is 8.78 Å². The van der Waals surface area contributed by atoms with Gasteiger partial charge in [0.15, 0.2) is 11.6 Å². The van der Waals surface area contributed by atoms with Gasteiger partial charge >= 0.3 is 0 Å². The van der Waals surface area contributed by atoms with E-state index in [4.69, 9.17) is 0 Å². The van der Waals surface area contributed by atoms with Crippen LogP contribution in [-0.2, 0) is 0 Å². The third-order valence-electron chi connectivity index (χ3n) is 3.61. The van der Waals surface area contributed by atoms with Crippen LogP contribution in [-0.4, -0.2) is 22.9 Å². The number of amides is 1. The molecule has 98 valence electrons. The van der Waals surface area contributed by atoms with Crippen molar-refractivity contribution in [2.24, 2.45) is 0 Å². The lowest BCUT2D eigenvalue weighted by Gasteiger charge is -2.39. The summed E-state index contributed by atoms with van der Waals surface area (Å²) in [5, 5.41) is 0. The van der Waals surface area contributed by atoms with Crippen LogP contribution in [0, 0.1) is 11.6 Å². The Kier molecular flexibility index (Phi) is 3.64. The molecule has 18 heavy (non-hydrogen) atoms. The van der Waals surface area contributed by atoms with Crippen molar-refractivity contribution in [1.29, 1.82) is 0 Å². The van der Waals surface area contributed by atoms with Gasteiger partial charge in [0.2, 0.25) is 0 Å². The van der Waals surface area contributed by atoms with Gasteiger partial charge in [0.25, 0.3) is 5.91 Å². The predicted octanol–water partition coefficient (Wildman–Crippen LogP) is 3.37. The monoisotopic (exact) mass is 253 g/mol. The van der Waals surface area contributed by atoms with E-state index in [1.807, 2.05) is 13.8 Å². The first-order valence-electron chi connectivity index (χ1n) is 6.29. The van der Waals surface area contributed by atoms with Crippen LogP contribution in [0.25, 0.3) is 0 Å². The molecule has 0 bridgehead atoms. The van der Waals surface area contributed by atoms with Crippen molar-refractivity contribution in [1.82, 2.24) is 4.90 Å². The molecule has 2 atom stereocenters. The minimum Gasteiger partial charge on any atom is -0.333 e. The van der Waals surface area contributed by atoms with E-state index in [1.54, 1.807) is 4.90 Å². The number of hydrogen-bond donors (Lipinski definition) is 0. The van der Waals surface area contributed by atoms with Crippen molar-refractivity contribution in [3.05, 3.63) is 35.4 Å². The van der Waals surface area contributed by atoms with Gasteiger partial charge in [-0.3, -0.25) is 4.79 Å². The van der Waals surface area contributed by atoms with Gasteiger partial charge in [0.05, 0.1) is 5.56 Å². The first-order chi connectivity index (χ1) is 8.52. The van der Waals surface area contributed by atoms with Crippen LogP contribution in [0.1, 0.15) is 43.5 Å². The molecule has 0 unspecified atom stereocenters. The van der Waals surface area contributed by atoms with Crippen molar-refractivity contribution in [3.8, 4) is 0 Å². The lowest BCUT2D eigenvalue weighted by atomic mass is 9.96. The summed E-state index contributed by atoms with van der Waals surface area (Å²) in [4.78, 5) is 14.0. The van der Waals surface area contributed by atoms with Gasteiger partial charge in [-0.05, 0) is 45.2 Å². The number of halogens is 2. The van der Waals surface area contributed by atoms with E-state index in [9.17, 15) is 13.6 Å². The second kappa shape index (κ2) is 5.04. The molecule has 1 aromatic carbocycles. The van der Waals surface area contributed by atoms with Crippen molar-refractivity contribution in [2.75, 3.05) is 0 Å². The van der Waals surface area contributed by atoms with Gasteiger partial charge in [-0.2, -0.15) is 0 Å². The van der Waals surface area contributed by atoms with Gasteiger partial charge in [-0.15, -0.1) is 0 Å². The van der Waals surface area contributed by atoms with E-state index in [2.05, 4.69) is 0 Å². The molecular weight excluding hydrogens is 236 g/mol. The molecule has 1 aliphatic rings. The molecule has 0 N–H and O–H groups in total. The zero-order valence-electron chi connectivity index (χ0n) is 10.6. The van der Waals surface area contributed by atoms with Gasteiger partial charge in [0, 0.05) is 12.1 Å². The minimum atomic E-state index is -1.05. The summed E-state index contributed by atoms with van der Waals surface area (Å²) in [5.41, 5.74) is -0.171. The summed E-state index contributed by atoms with van der Waals surface area (Å²) in [6.45, 7) is 3.90. The average molecular weight is 253 g/mol. The van der Waals surface area contributed by atoms with Crippen molar-refractivity contribution < 1.29 is 13.6 Å². The van der Waals surface area contributed by atoms with Crippen LogP contribution in [0.15, 0.2) is 18.2 Å². The fourth-order valence-corrected chi connectivity index (χ4v) is 2.63. The lowest BCUT2D eigenvalue weighted by molar-refractivity contribution is 0.0505. The Labute approximate surface area is 106 Å². The number of hydrogen-bond acceptors (Lipinski definition) is 1. The molecular formula is C14H17F2NO. The Morgan fingerprint density at radius 3 is 2.44 bits per heavy atom. The van der Waals surface area contributed by atoms with Gasteiger partial charge < -0.3 is 4.90 Å². The maximum atomic E-state index is 13.6. The van der Waals surface area contributed by atoms with Crippen molar-refractivity contribution >= 4 is 5.91 Å². The zero-order valence-corrected chi connectivity index (χ0v) is 10.6. The summed E-state index contributed by atoms with van der Waals surface area (Å²) in [7, 11) is 0. The topological polar surface area (TPSA) is 20.3 Å². The fraction of sp³-hybridized carbons (Fsp3) is 0.500. The SMILES string of the molecule is C[C@@H]1CCC[C@H](C)N1C(=O)c1cccc(F)c1F. The fourth-order valence-electron chi connectivity index (χ4n) is 2.63. The predicted molar refractivity (Wildman–Crippen MR) is 65.3 cm³/mol. The van der Waals surface area contributed by atoms with E-state index in [0.717, 1.165) is 25.3 Å². The van der Waals surface area contributed by atoms with Gasteiger partial charge in [0.1, 0.15) is 0 Å². The minimum absolute atomic E-state index is 0.0731. The Morgan fingerprint density at radius 1 is 1.22 bits per heavy atom. The third-order valence-corrected chi connectivity index (χ3v) is 3.61. The molecule has 2 nitrogen and oxygen atoms in total. The molecule has 1 saturated heterocycles. The van der Waals surface area contributed by atoms with Crippen LogP contribution >= 0.6 is 0 Å². The smallest absolute Gasteiger partial charge is 0.257 e. The molecule has 0 radical (unpaired) electrons. The molecule has 1 amide bonds. The van der Waals surface area contributed by atoms with Crippen molar-refractivity contribution in [3.63, 3.8) is 0 Å². The standard InChI is InChI=1S/C14H17F2NO/c1-9-5-3-6-10(2)17(9)14(18)11-7-4-8-12(15)13(11)16/h4,7-10H,3,5-6H2,1-2H3/t9-,10+. The van der Waals surface area contributed by atoms with E-state index in [-0.39, 0.29) is 17.6 Å². The zero-order chi connectivity index (χ0) is 13.3. The highest BCUT2D eigenvalue weighted by atomic mass is 19.2. The Balaban J connectivity index is 2.32. The third kappa shape index (κ3) is 2.24. The highest BCUT2D eigenvalue weighted by Gasteiger charge is 2.31. The average Bonchev–Trinajstić information content (AvgIpc) is 2.32. The Bertz CT molecular complexity index is 451. The quantitative estimate of drug-likeness (QED) is 0.751. The second-order valence-corrected chi connectivity index (χ2v) is 4.94. The Morgan fingerprint density at radius 2 is 1.83 bits per heavy atom. The summed E-state index contributed by atoms with van der Waals surface area (Å²) in [6.07, 6.45) is 2.89. The maximum absolute atomic E-state index is 13.6. The largest absolute Gasteiger partial charge is 0.333 e. The van der Waals surface area contributed by atoms with Crippen LogP contribution in [0.4, 0.5) is 8.78 Å². The van der Waals surface area contributed by atoms with Crippen LogP contribution in [0.2, 0.25) is 0 Å². The summed E-state index contributed by atoms with van der Waals surface area (Å²) in [5.74, 6) is -2.43. The first kappa shape index (κ1) is 13.0. The summed E-state index contributed by atoms with van der Waals surface area (Å²) < 4.78 is 26.8. The second-order valence-electron chi connectivity index (χ2n) is 4.94. The van der Waals surface area contributed by atoms with Crippen LogP contribution < -0.4 is 0 Å². The number of benzene rings is 1. The number of likely N-dealkylation sites (tertiary alicyclic amines) is 1. The number of piperidine rings is 1. The number of rotatable bonds is 1. The van der Waals surface area contributed by atoms with E-state index < -0.39 is 17.5 Å². The molecule has 0 saturated carbocycles. The molecule has 1 aliphatic heterocycles. The number of carbonyl (C=O) groups excluding carboxylic acids is 1. The molecule has 1 heterocycles. The number of nitrogens with zero attached hydrogens (tertiary/aromatic N) is 1.